The minimum Gasteiger partial charge on any atom is -0.490 e. The highest BCUT2D eigenvalue weighted by molar-refractivity contribution is 6.32. The van der Waals surface area contributed by atoms with Crippen LogP contribution in [0.4, 0.5) is 5.82 Å². The van der Waals surface area contributed by atoms with E-state index in [-0.39, 0.29) is 0 Å². The van der Waals surface area contributed by atoms with Gasteiger partial charge in [0.15, 0.2) is 0 Å². The number of fused-ring (bicyclic) bond motifs is 1. The number of aromatic nitrogens is 3. The van der Waals surface area contributed by atoms with Crippen LogP contribution in [0.25, 0.3) is 17.0 Å². The van der Waals surface area contributed by atoms with Gasteiger partial charge < -0.3 is 14.8 Å². The first-order valence-corrected chi connectivity index (χ1v) is 11.5. The second kappa shape index (κ2) is 9.42. The van der Waals surface area contributed by atoms with E-state index in [1.165, 1.54) is 25.7 Å². The van der Waals surface area contributed by atoms with Crippen LogP contribution in [0.2, 0.25) is 5.02 Å². The van der Waals surface area contributed by atoms with Crippen LogP contribution in [-0.2, 0) is 4.74 Å². The van der Waals surface area contributed by atoms with Gasteiger partial charge in [0.05, 0.1) is 35.8 Å². The van der Waals surface area contributed by atoms with Gasteiger partial charge >= 0.3 is 0 Å². The predicted octanol–water partition coefficient (Wildman–Crippen LogP) is 4.12. The third kappa shape index (κ3) is 4.79. The Labute approximate surface area is 187 Å². The summed E-state index contributed by atoms with van der Waals surface area (Å²) in [6.07, 6.45) is 8.71. The molecule has 2 fully saturated rings. The molecule has 31 heavy (non-hydrogen) atoms. The van der Waals surface area contributed by atoms with Crippen molar-refractivity contribution in [3.63, 3.8) is 0 Å². The van der Waals surface area contributed by atoms with Gasteiger partial charge in [-0.2, -0.15) is 0 Å². The number of hydrogen-bond acceptors (Lipinski definition) is 6. The van der Waals surface area contributed by atoms with Gasteiger partial charge in [-0.3, -0.25) is 9.30 Å². The second-order valence-corrected chi connectivity index (χ2v) is 8.60. The lowest BCUT2D eigenvalue weighted by Gasteiger charge is -2.26. The summed E-state index contributed by atoms with van der Waals surface area (Å²) < 4.78 is 13.3. The van der Waals surface area contributed by atoms with Crippen LogP contribution in [0.5, 0.6) is 5.75 Å². The van der Waals surface area contributed by atoms with Crippen LogP contribution < -0.4 is 10.1 Å². The molecule has 0 unspecified atom stereocenters. The maximum Gasteiger partial charge on any atom is 0.143 e. The molecule has 1 aliphatic carbocycles. The number of imidazole rings is 1. The molecule has 3 aromatic rings. The first kappa shape index (κ1) is 20.5. The maximum absolute atomic E-state index is 6.55. The Bertz CT molecular complexity index is 1030. The topological polar surface area (TPSA) is 63.9 Å². The molecule has 0 amide bonds. The van der Waals surface area contributed by atoms with E-state index in [9.17, 15) is 0 Å². The lowest BCUT2D eigenvalue weighted by molar-refractivity contribution is 0.0322. The quantitative estimate of drug-likeness (QED) is 0.595. The zero-order chi connectivity index (χ0) is 21.0. The molecule has 3 aromatic heterocycles. The highest BCUT2D eigenvalue weighted by Crippen LogP contribution is 2.29. The van der Waals surface area contributed by atoms with E-state index in [4.69, 9.17) is 26.1 Å². The van der Waals surface area contributed by atoms with Gasteiger partial charge in [0.25, 0.3) is 0 Å². The van der Waals surface area contributed by atoms with Crippen LogP contribution in [0, 0.1) is 0 Å². The third-order valence-corrected chi connectivity index (χ3v) is 6.33. The Morgan fingerprint density at radius 3 is 2.87 bits per heavy atom. The van der Waals surface area contributed by atoms with Crippen molar-refractivity contribution < 1.29 is 9.47 Å². The normalized spacial score (nSPS) is 18.0. The minimum atomic E-state index is 0.525. The summed E-state index contributed by atoms with van der Waals surface area (Å²) in [5.41, 5.74) is 2.57. The van der Waals surface area contributed by atoms with E-state index in [2.05, 4.69) is 15.2 Å². The molecule has 1 saturated heterocycles. The lowest BCUT2D eigenvalue weighted by Crippen LogP contribution is -2.38. The molecule has 2 aliphatic rings. The largest absolute Gasteiger partial charge is 0.490 e. The molecule has 1 saturated carbocycles. The summed E-state index contributed by atoms with van der Waals surface area (Å²) in [4.78, 5) is 11.7. The molecule has 8 heteroatoms. The number of nitrogens with one attached hydrogen (secondary N) is 1. The number of ether oxygens (including phenoxy) is 2. The Balaban J connectivity index is 1.31. The van der Waals surface area contributed by atoms with Crippen molar-refractivity contribution in [2.45, 2.75) is 31.7 Å². The van der Waals surface area contributed by atoms with E-state index in [1.807, 2.05) is 41.1 Å². The molecule has 0 atom stereocenters. The molecule has 0 radical (unpaired) electrons. The van der Waals surface area contributed by atoms with Gasteiger partial charge in [-0.05, 0) is 25.0 Å². The van der Waals surface area contributed by atoms with Crippen molar-refractivity contribution in [3.8, 4) is 17.1 Å². The van der Waals surface area contributed by atoms with Gasteiger partial charge in [0.2, 0.25) is 0 Å². The number of nitrogens with zero attached hydrogens (tertiary/aromatic N) is 4. The number of morpholine rings is 1. The summed E-state index contributed by atoms with van der Waals surface area (Å²) in [6.45, 7) is 4.90. The van der Waals surface area contributed by atoms with E-state index < -0.39 is 0 Å². The van der Waals surface area contributed by atoms with Crippen molar-refractivity contribution in [2.75, 3.05) is 44.8 Å². The third-order valence-electron chi connectivity index (χ3n) is 6.05. The second-order valence-electron chi connectivity index (χ2n) is 8.19. The molecule has 4 heterocycles. The summed E-state index contributed by atoms with van der Waals surface area (Å²) >= 11 is 6.55. The highest BCUT2D eigenvalue weighted by Gasteiger charge is 2.16. The Morgan fingerprint density at radius 1 is 1.19 bits per heavy atom. The molecule has 0 bridgehead atoms. The molecule has 7 nitrogen and oxygen atoms in total. The summed E-state index contributed by atoms with van der Waals surface area (Å²) in [5.74, 6) is 1.57. The maximum atomic E-state index is 6.55. The zero-order valence-electron chi connectivity index (χ0n) is 17.6. The van der Waals surface area contributed by atoms with Crippen LogP contribution in [0.3, 0.4) is 0 Å². The first-order valence-electron chi connectivity index (χ1n) is 11.1. The Morgan fingerprint density at radius 2 is 2.03 bits per heavy atom. The molecule has 0 spiro atoms. The van der Waals surface area contributed by atoms with Crippen molar-refractivity contribution in [3.05, 3.63) is 41.7 Å². The van der Waals surface area contributed by atoms with Crippen LogP contribution >= 0.6 is 11.6 Å². The fraction of sp³-hybridized carbons (Fsp3) is 0.478. The van der Waals surface area contributed by atoms with Crippen LogP contribution in [-0.4, -0.2) is 64.8 Å². The fourth-order valence-corrected chi connectivity index (χ4v) is 4.53. The predicted molar refractivity (Wildman–Crippen MR) is 122 cm³/mol. The van der Waals surface area contributed by atoms with Crippen LogP contribution in [0.15, 0.2) is 36.7 Å². The number of hydrogen-bond donors (Lipinski definition) is 1. The average molecular weight is 442 g/mol. The van der Waals surface area contributed by atoms with Gasteiger partial charge in [-0.1, -0.05) is 30.5 Å². The number of halogens is 1. The first-order chi connectivity index (χ1) is 15.3. The van der Waals surface area contributed by atoms with E-state index in [0.717, 1.165) is 55.7 Å². The Hall–Kier alpha value is -2.35. The molecule has 1 aliphatic heterocycles. The van der Waals surface area contributed by atoms with Crippen molar-refractivity contribution >= 4 is 23.1 Å². The van der Waals surface area contributed by atoms with Gasteiger partial charge in [-0.25, -0.2) is 9.97 Å². The lowest BCUT2D eigenvalue weighted by atomic mass is 10.2. The van der Waals surface area contributed by atoms with Gasteiger partial charge in [0.1, 0.15) is 23.8 Å². The van der Waals surface area contributed by atoms with Crippen molar-refractivity contribution in [1.82, 2.24) is 19.3 Å². The Kier molecular flexibility index (Phi) is 6.25. The smallest absolute Gasteiger partial charge is 0.143 e. The van der Waals surface area contributed by atoms with E-state index in [0.29, 0.717) is 23.4 Å². The number of anilines is 1. The highest BCUT2D eigenvalue weighted by atomic mass is 35.5. The monoisotopic (exact) mass is 441 g/mol. The molecular weight excluding hydrogens is 414 g/mol. The van der Waals surface area contributed by atoms with Gasteiger partial charge in [0, 0.05) is 37.9 Å². The molecular formula is C23H28ClN5O2. The minimum absolute atomic E-state index is 0.525. The van der Waals surface area contributed by atoms with Crippen LogP contribution in [0.1, 0.15) is 25.7 Å². The summed E-state index contributed by atoms with van der Waals surface area (Å²) in [7, 11) is 0. The van der Waals surface area contributed by atoms with E-state index in [1.54, 1.807) is 0 Å². The standard InChI is InChI=1S/C23H28ClN5O2/c24-18-16-29-20(19-6-3-7-22(27-19)26-17-4-1-2-5-17)15-25-23(29)14-21(18)31-13-10-28-8-11-30-12-9-28/h3,6-7,14-17H,1-2,4-5,8-13H2,(H,26,27). The molecule has 0 aromatic carbocycles. The summed E-state index contributed by atoms with van der Waals surface area (Å²) in [5, 5.41) is 4.13. The molecule has 164 valence electrons. The molecule has 1 N–H and O–H groups in total. The number of pyridine rings is 2. The van der Waals surface area contributed by atoms with E-state index >= 15 is 0 Å². The molecule has 5 rings (SSSR count). The van der Waals surface area contributed by atoms with Crippen molar-refractivity contribution in [1.29, 1.82) is 0 Å². The van der Waals surface area contributed by atoms with Gasteiger partial charge in [-0.15, -0.1) is 0 Å². The van der Waals surface area contributed by atoms with Crippen molar-refractivity contribution in [2.24, 2.45) is 0 Å². The number of rotatable bonds is 7. The zero-order valence-corrected chi connectivity index (χ0v) is 18.4. The SMILES string of the molecule is Clc1cn2c(-c3cccc(NC4CCCC4)n3)cnc2cc1OCCN1CCOCC1. The fourth-order valence-electron chi connectivity index (χ4n) is 4.33. The average Bonchev–Trinajstić information content (AvgIpc) is 3.44. The summed E-state index contributed by atoms with van der Waals surface area (Å²) in [6, 6.07) is 8.48.